The fourth-order valence-corrected chi connectivity index (χ4v) is 4.26. The Hall–Kier alpha value is -4.58. The van der Waals surface area contributed by atoms with Crippen LogP contribution in [0.2, 0.25) is 0 Å². The van der Waals surface area contributed by atoms with Gasteiger partial charge < -0.3 is 31.1 Å². The molecule has 0 atom stereocenters. The number of nitrogens with one attached hydrogen (secondary N) is 2. The normalized spacial score (nSPS) is 14.8. The predicted molar refractivity (Wildman–Crippen MR) is 142 cm³/mol. The minimum absolute atomic E-state index is 0.0417. The lowest BCUT2D eigenvalue weighted by Gasteiger charge is -2.36. The number of anilines is 5. The molecular weight excluding hydrogens is 491 g/mol. The summed E-state index contributed by atoms with van der Waals surface area (Å²) in [4.78, 5) is 31.2. The number of para-hydroxylation sites is 1. The Morgan fingerprint density at radius 3 is 2.63 bits per heavy atom. The van der Waals surface area contributed by atoms with Gasteiger partial charge in [-0.05, 0) is 31.9 Å². The van der Waals surface area contributed by atoms with E-state index in [9.17, 15) is 14.3 Å². The minimum atomic E-state index is -0.762. The van der Waals surface area contributed by atoms with E-state index in [-0.39, 0.29) is 23.1 Å². The molecule has 4 aromatic rings. The van der Waals surface area contributed by atoms with Crippen molar-refractivity contribution in [3.05, 3.63) is 60.3 Å². The van der Waals surface area contributed by atoms with Gasteiger partial charge in [-0.1, -0.05) is 18.2 Å². The van der Waals surface area contributed by atoms with Crippen LogP contribution < -0.4 is 26.0 Å². The van der Waals surface area contributed by atoms with E-state index in [0.29, 0.717) is 48.7 Å². The number of hydrogen-bond acceptors (Lipinski definition) is 10. The molecule has 4 heterocycles. The summed E-state index contributed by atoms with van der Waals surface area (Å²) in [5.41, 5.74) is 6.12. The van der Waals surface area contributed by atoms with Gasteiger partial charge in [0.2, 0.25) is 5.95 Å². The van der Waals surface area contributed by atoms with Crippen LogP contribution in [-0.2, 0) is 0 Å². The van der Waals surface area contributed by atoms with E-state index in [1.165, 1.54) is 0 Å². The monoisotopic (exact) mass is 518 g/mol. The Morgan fingerprint density at radius 1 is 1.13 bits per heavy atom. The summed E-state index contributed by atoms with van der Waals surface area (Å²) >= 11 is 0. The van der Waals surface area contributed by atoms with E-state index < -0.39 is 17.3 Å². The lowest BCUT2D eigenvalue weighted by molar-refractivity contribution is 0.0349. The molecule has 5 N–H and O–H groups in total. The molecule has 0 aliphatic carbocycles. The topological polar surface area (TPSA) is 151 Å². The van der Waals surface area contributed by atoms with Crippen molar-refractivity contribution in [2.75, 3.05) is 35.7 Å². The third-order valence-electron chi connectivity index (χ3n) is 6.40. The zero-order valence-electron chi connectivity index (χ0n) is 20.9. The maximum absolute atomic E-state index is 14.7. The number of primary amides is 1. The van der Waals surface area contributed by atoms with Crippen LogP contribution in [0.1, 0.15) is 30.3 Å². The highest BCUT2D eigenvalue weighted by molar-refractivity contribution is 6.00. The molecule has 0 saturated carbocycles. The van der Waals surface area contributed by atoms with Crippen molar-refractivity contribution < 1.29 is 19.0 Å². The molecule has 11 nitrogen and oxygen atoms in total. The molecule has 3 aromatic heterocycles. The molecule has 38 heavy (non-hydrogen) atoms. The second-order valence-corrected chi connectivity index (χ2v) is 9.32. The summed E-state index contributed by atoms with van der Waals surface area (Å²) in [5.74, 6) is -0.371. The maximum atomic E-state index is 14.7. The number of halogens is 1. The summed E-state index contributed by atoms with van der Waals surface area (Å²) in [6.45, 7) is 3.13. The number of piperidine rings is 1. The summed E-state index contributed by atoms with van der Waals surface area (Å²) in [6.07, 6.45) is 3.86. The summed E-state index contributed by atoms with van der Waals surface area (Å²) in [5, 5.41) is 16.8. The first-order valence-corrected chi connectivity index (χ1v) is 12.0. The Morgan fingerprint density at radius 2 is 1.89 bits per heavy atom. The highest BCUT2D eigenvalue weighted by atomic mass is 19.1. The zero-order chi connectivity index (χ0) is 26.9. The van der Waals surface area contributed by atoms with E-state index in [1.54, 1.807) is 37.6 Å². The van der Waals surface area contributed by atoms with Crippen molar-refractivity contribution in [3.8, 4) is 5.75 Å². The highest BCUT2D eigenvalue weighted by Gasteiger charge is 2.29. The molecule has 0 radical (unpaired) electrons. The fraction of sp³-hybridized carbons (Fsp3) is 0.269. The van der Waals surface area contributed by atoms with Crippen molar-refractivity contribution in [2.45, 2.75) is 25.4 Å². The number of rotatable bonds is 7. The number of nitrogens with zero attached hydrogens (tertiary/aromatic N) is 5. The van der Waals surface area contributed by atoms with E-state index >= 15 is 0 Å². The molecule has 12 heteroatoms. The largest absolute Gasteiger partial charge is 0.493 e. The van der Waals surface area contributed by atoms with E-state index in [0.717, 1.165) is 11.6 Å². The molecule has 1 aliphatic heterocycles. The second-order valence-electron chi connectivity index (χ2n) is 9.32. The Labute approximate surface area is 217 Å². The number of ether oxygens (including phenoxy) is 1. The van der Waals surface area contributed by atoms with Gasteiger partial charge in [0.15, 0.2) is 28.9 Å². The SMILES string of the molecule is COc1cc(Nc2ncc(F)c(Nc3cc4ccccc4nc3C(N)=O)n2)cnc1N1CCC(C)(O)CC1. The fourth-order valence-electron chi connectivity index (χ4n) is 4.26. The summed E-state index contributed by atoms with van der Waals surface area (Å²) < 4.78 is 20.2. The molecule has 0 spiro atoms. The average molecular weight is 519 g/mol. The number of benzene rings is 1. The zero-order valence-corrected chi connectivity index (χ0v) is 20.9. The first kappa shape index (κ1) is 25.1. The Bertz CT molecular complexity index is 1500. The molecule has 1 aromatic carbocycles. The number of aromatic nitrogens is 4. The third-order valence-corrected chi connectivity index (χ3v) is 6.40. The van der Waals surface area contributed by atoms with Crippen molar-refractivity contribution >= 4 is 45.8 Å². The Kier molecular flexibility index (Phi) is 6.64. The van der Waals surface area contributed by atoms with Gasteiger partial charge in [0, 0.05) is 24.5 Å². The molecule has 5 rings (SSSR count). The third kappa shape index (κ3) is 5.25. The van der Waals surface area contributed by atoms with Crippen molar-refractivity contribution in [1.29, 1.82) is 0 Å². The molecule has 196 valence electrons. The van der Waals surface area contributed by atoms with Crippen LogP contribution >= 0.6 is 0 Å². The van der Waals surface area contributed by atoms with Gasteiger partial charge in [0.1, 0.15) is 0 Å². The number of methoxy groups -OCH3 is 1. The number of carbonyl (C=O) groups is 1. The number of hydrogen-bond donors (Lipinski definition) is 4. The van der Waals surface area contributed by atoms with Crippen molar-refractivity contribution in [2.24, 2.45) is 5.73 Å². The summed E-state index contributed by atoms with van der Waals surface area (Å²) in [6, 6.07) is 10.6. The number of carbonyl (C=O) groups excluding carboxylic acids is 1. The van der Waals surface area contributed by atoms with E-state index in [1.807, 2.05) is 19.1 Å². The van der Waals surface area contributed by atoms with Gasteiger partial charge >= 0.3 is 0 Å². The van der Waals surface area contributed by atoms with Crippen LogP contribution in [0.25, 0.3) is 10.9 Å². The molecule has 0 bridgehead atoms. The van der Waals surface area contributed by atoms with Gasteiger partial charge in [-0.25, -0.2) is 19.3 Å². The minimum Gasteiger partial charge on any atom is -0.493 e. The van der Waals surface area contributed by atoms with Crippen LogP contribution in [0.3, 0.4) is 0 Å². The number of amides is 1. The smallest absolute Gasteiger partial charge is 0.269 e. The number of aliphatic hydroxyl groups is 1. The van der Waals surface area contributed by atoms with Crippen LogP contribution in [0.5, 0.6) is 5.75 Å². The Balaban J connectivity index is 1.39. The van der Waals surface area contributed by atoms with E-state index in [4.69, 9.17) is 10.5 Å². The van der Waals surface area contributed by atoms with Gasteiger partial charge in [-0.3, -0.25) is 4.79 Å². The molecule has 1 fully saturated rings. The van der Waals surface area contributed by atoms with Crippen LogP contribution in [0.15, 0.2) is 48.8 Å². The van der Waals surface area contributed by atoms with E-state index in [2.05, 4.69) is 35.5 Å². The van der Waals surface area contributed by atoms with Crippen LogP contribution in [-0.4, -0.2) is 56.7 Å². The van der Waals surface area contributed by atoms with Gasteiger partial charge in [-0.2, -0.15) is 4.98 Å². The second kappa shape index (κ2) is 10.1. The molecule has 1 saturated heterocycles. The maximum Gasteiger partial charge on any atom is 0.269 e. The quantitative estimate of drug-likeness (QED) is 0.286. The van der Waals surface area contributed by atoms with Crippen molar-refractivity contribution in [3.63, 3.8) is 0 Å². The predicted octanol–water partition coefficient (Wildman–Crippen LogP) is 3.50. The van der Waals surface area contributed by atoms with Crippen molar-refractivity contribution in [1.82, 2.24) is 19.9 Å². The first-order chi connectivity index (χ1) is 18.2. The number of pyridine rings is 2. The number of nitrogens with two attached hydrogens (primary N) is 1. The van der Waals surface area contributed by atoms with Gasteiger partial charge in [0.25, 0.3) is 5.91 Å². The van der Waals surface area contributed by atoms with Crippen LogP contribution in [0, 0.1) is 5.82 Å². The average Bonchev–Trinajstić information content (AvgIpc) is 2.90. The van der Waals surface area contributed by atoms with Crippen LogP contribution in [0.4, 0.5) is 33.3 Å². The molecule has 0 unspecified atom stereocenters. The molecular formula is C26H27FN8O3. The lowest BCUT2D eigenvalue weighted by Crippen LogP contribution is -2.42. The van der Waals surface area contributed by atoms with Gasteiger partial charge in [-0.15, -0.1) is 0 Å². The lowest BCUT2D eigenvalue weighted by atomic mass is 9.94. The highest BCUT2D eigenvalue weighted by Crippen LogP contribution is 2.33. The molecule has 1 aliphatic rings. The number of fused-ring (bicyclic) bond motifs is 1. The first-order valence-electron chi connectivity index (χ1n) is 12.0. The standard InChI is InChI=1S/C26H27FN8O3/c1-26(37)7-9-35(10-8-26)24-20(38-2)12-16(13-29-24)31-25-30-14-17(27)23(34-25)33-19-11-15-5-3-4-6-18(15)32-21(19)22(28)36/h3-6,11-14,37H,7-10H2,1-2H3,(H2,28,36)(H2,30,31,33,34). The van der Waals surface area contributed by atoms with Gasteiger partial charge in [0.05, 0.1) is 42.0 Å². The summed E-state index contributed by atoms with van der Waals surface area (Å²) in [7, 11) is 1.55. The molecule has 1 amide bonds.